The summed E-state index contributed by atoms with van der Waals surface area (Å²) >= 11 is 0. The van der Waals surface area contributed by atoms with Gasteiger partial charge in [0.1, 0.15) is 23.4 Å². The third kappa shape index (κ3) is 2.97. The van der Waals surface area contributed by atoms with Gasteiger partial charge in [0.25, 0.3) is 0 Å². The van der Waals surface area contributed by atoms with Crippen molar-refractivity contribution in [1.29, 1.82) is 5.26 Å². The Kier molecular flexibility index (Phi) is 3.68. The highest BCUT2D eigenvalue weighted by Crippen LogP contribution is 2.32. The van der Waals surface area contributed by atoms with E-state index in [2.05, 4.69) is 4.98 Å². The lowest BCUT2D eigenvalue weighted by molar-refractivity contribution is -0.141. The van der Waals surface area contributed by atoms with E-state index in [4.69, 9.17) is 5.26 Å². The van der Waals surface area contributed by atoms with E-state index >= 15 is 0 Å². The smallest absolute Gasteiger partial charge is 0.351 e. The van der Waals surface area contributed by atoms with Crippen LogP contribution < -0.4 is 4.90 Å². The van der Waals surface area contributed by atoms with Crippen molar-refractivity contribution >= 4 is 5.82 Å². The average molecular weight is 321 g/mol. The van der Waals surface area contributed by atoms with Gasteiger partial charge in [0, 0.05) is 13.1 Å². The van der Waals surface area contributed by atoms with Gasteiger partial charge < -0.3 is 4.90 Å². The summed E-state index contributed by atoms with van der Waals surface area (Å²) in [5.41, 5.74) is 0.701. The van der Waals surface area contributed by atoms with E-state index in [1.807, 2.05) is 6.07 Å². The summed E-state index contributed by atoms with van der Waals surface area (Å²) < 4.78 is 51.8. The summed E-state index contributed by atoms with van der Waals surface area (Å²) in [6.07, 6.45) is -4.09. The fourth-order valence-electron chi connectivity index (χ4n) is 2.64. The number of anilines is 1. The van der Waals surface area contributed by atoms with Crippen LogP contribution >= 0.6 is 0 Å². The van der Waals surface area contributed by atoms with Gasteiger partial charge in [-0.05, 0) is 41.8 Å². The van der Waals surface area contributed by atoms with Crippen LogP contribution in [0.15, 0.2) is 30.3 Å². The van der Waals surface area contributed by atoms with E-state index in [-0.39, 0.29) is 17.2 Å². The van der Waals surface area contributed by atoms with Crippen LogP contribution in [0.5, 0.6) is 0 Å². The molecule has 2 heterocycles. The number of nitrogens with zero attached hydrogens (tertiary/aromatic N) is 3. The second kappa shape index (κ2) is 5.54. The van der Waals surface area contributed by atoms with E-state index in [9.17, 15) is 17.6 Å². The topological polar surface area (TPSA) is 39.9 Å². The lowest BCUT2D eigenvalue weighted by atomic mass is 9.99. The summed E-state index contributed by atoms with van der Waals surface area (Å²) in [6, 6.07) is 8.15. The lowest BCUT2D eigenvalue weighted by Crippen LogP contribution is -2.32. The van der Waals surface area contributed by atoms with Gasteiger partial charge in [-0.3, -0.25) is 0 Å². The van der Waals surface area contributed by atoms with Crippen molar-refractivity contribution in [3.8, 4) is 6.07 Å². The van der Waals surface area contributed by atoms with Crippen LogP contribution in [0.4, 0.5) is 23.4 Å². The van der Waals surface area contributed by atoms with E-state index in [0.717, 1.165) is 23.3 Å². The molecule has 3 nitrogen and oxygen atoms in total. The third-order valence-corrected chi connectivity index (χ3v) is 3.77. The highest BCUT2D eigenvalue weighted by atomic mass is 19.4. The number of alkyl halides is 3. The minimum Gasteiger partial charge on any atom is -0.351 e. The molecule has 0 unspecified atom stereocenters. The molecule has 1 aliphatic heterocycles. The number of pyridine rings is 1. The van der Waals surface area contributed by atoms with Crippen molar-refractivity contribution in [2.45, 2.75) is 19.1 Å². The number of hydrogen-bond acceptors (Lipinski definition) is 3. The predicted molar refractivity (Wildman–Crippen MR) is 75.1 cm³/mol. The number of fused-ring (bicyclic) bond motifs is 1. The molecule has 23 heavy (non-hydrogen) atoms. The predicted octanol–water partition coefficient (Wildman–Crippen LogP) is 3.67. The molecule has 1 aliphatic rings. The molecule has 0 aliphatic carbocycles. The van der Waals surface area contributed by atoms with Gasteiger partial charge in [-0.15, -0.1) is 0 Å². The van der Waals surface area contributed by atoms with Crippen LogP contribution in [-0.4, -0.2) is 11.5 Å². The number of benzene rings is 1. The number of aromatic nitrogens is 1. The highest BCUT2D eigenvalue weighted by molar-refractivity contribution is 5.56. The standard InChI is InChI=1S/C16H11F4N3/c17-13-3-1-12-9-23(6-5-10(12)7-13)15-11(8-21)2-4-14(22-15)16(18,19)20/h1-4,7H,5-6,9H2. The molecule has 1 aromatic carbocycles. The van der Waals surface area contributed by atoms with Crippen LogP contribution in [0.25, 0.3) is 0 Å². The molecule has 0 N–H and O–H groups in total. The first-order valence-corrected chi connectivity index (χ1v) is 6.89. The van der Waals surface area contributed by atoms with Crippen molar-refractivity contribution in [2.75, 3.05) is 11.4 Å². The Morgan fingerprint density at radius 1 is 1.13 bits per heavy atom. The number of nitriles is 1. The summed E-state index contributed by atoms with van der Waals surface area (Å²) in [6.45, 7) is 0.665. The van der Waals surface area contributed by atoms with Crippen molar-refractivity contribution in [1.82, 2.24) is 4.98 Å². The zero-order chi connectivity index (χ0) is 16.6. The fraction of sp³-hybridized carbons (Fsp3) is 0.250. The Labute approximate surface area is 129 Å². The SMILES string of the molecule is N#Cc1ccc(C(F)(F)F)nc1N1CCc2cc(F)ccc2C1. The first kappa shape index (κ1) is 15.3. The van der Waals surface area contributed by atoms with Crippen LogP contribution in [0, 0.1) is 17.1 Å². The quantitative estimate of drug-likeness (QED) is 0.752. The van der Waals surface area contributed by atoms with Crippen molar-refractivity contribution in [3.05, 3.63) is 58.5 Å². The molecule has 0 spiro atoms. The number of hydrogen-bond donors (Lipinski definition) is 0. The van der Waals surface area contributed by atoms with Crippen molar-refractivity contribution in [3.63, 3.8) is 0 Å². The molecular weight excluding hydrogens is 310 g/mol. The molecule has 0 radical (unpaired) electrons. The Bertz CT molecular complexity index is 793. The van der Waals surface area contributed by atoms with Gasteiger partial charge in [0.05, 0.1) is 5.56 Å². The van der Waals surface area contributed by atoms with Crippen LogP contribution in [0.2, 0.25) is 0 Å². The average Bonchev–Trinajstić information content (AvgIpc) is 2.53. The maximum atomic E-state index is 13.2. The van der Waals surface area contributed by atoms with Gasteiger partial charge in [-0.1, -0.05) is 6.07 Å². The maximum absolute atomic E-state index is 13.2. The van der Waals surface area contributed by atoms with Gasteiger partial charge in [0.15, 0.2) is 0 Å². The summed E-state index contributed by atoms with van der Waals surface area (Å²) in [4.78, 5) is 5.25. The van der Waals surface area contributed by atoms with Crippen LogP contribution in [0.1, 0.15) is 22.4 Å². The molecule has 2 aromatic rings. The van der Waals surface area contributed by atoms with Gasteiger partial charge >= 0.3 is 6.18 Å². The molecule has 0 saturated heterocycles. The summed E-state index contributed by atoms with van der Waals surface area (Å²) in [7, 11) is 0. The molecule has 7 heteroatoms. The van der Waals surface area contributed by atoms with Crippen LogP contribution in [-0.2, 0) is 19.1 Å². The molecule has 0 amide bonds. The summed E-state index contributed by atoms with van der Waals surface area (Å²) in [5, 5.41) is 9.13. The molecule has 0 saturated carbocycles. The van der Waals surface area contributed by atoms with Gasteiger partial charge in [-0.2, -0.15) is 18.4 Å². The Morgan fingerprint density at radius 3 is 2.61 bits per heavy atom. The molecule has 0 atom stereocenters. The van der Waals surface area contributed by atoms with Crippen LogP contribution in [0.3, 0.4) is 0 Å². The molecule has 0 fully saturated rings. The van der Waals surface area contributed by atoms with Crippen molar-refractivity contribution < 1.29 is 17.6 Å². The van der Waals surface area contributed by atoms with Gasteiger partial charge in [0.2, 0.25) is 0 Å². The second-order valence-corrected chi connectivity index (χ2v) is 5.26. The van der Waals surface area contributed by atoms with Gasteiger partial charge in [-0.25, -0.2) is 9.37 Å². The zero-order valence-electron chi connectivity index (χ0n) is 11.9. The Morgan fingerprint density at radius 2 is 1.91 bits per heavy atom. The van der Waals surface area contributed by atoms with E-state index in [1.54, 1.807) is 11.0 Å². The number of rotatable bonds is 1. The minimum absolute atomic E-state index is 0.0114. The number of halogens is 4. The molecule has 0 bridgehead atoms. The molecular formula is C16H11F4N3. The fourth-order valence-corrected chi connectivity index (χ4v) is 2.64. The minimum atomic E-state index is -4.57. The van der Waals surface area contributed by atoms with E-state index < -0.39 is 11.9 Å². The third-order valence-electron chi connectivity index (χ3n) is 3.77. The molecule has 118 valence electrons. The monoisotopic (exact) mass is 321 g/mol. The Balaban J connectivity index is 1.99. The Hall–Kier alpha value is -2.62. The molecule has 1 aromatic heterocycles. The summed E-state index contributed by atoms with van der Waals surface area (Å²) in [5.74, 6) is -0.329. The highest BCUT2D eigenvalue weighted by Gasteiger charge is 2.34. The van der Waals surface area contributed by atoms with Crippen molar-refractivity contribution in [2.24, 2.45) is 0 Å². The first-order valence-electron chi connectivity index (χ1n) is 6.89. The lowest BCUT2D eigenvalue weighted by Gasteiger charge is -2.30. The largest absolute Gasteiger partial charge is 0.433 e. The van der Waals surface area contributed by atoms with E-state index in [1.165, 1.54) is 12.1 Å². The maximum Gasteiger partial charge on any atom is 0.433 e. The second-order valence-electron chi connectivity index (χ2n) is 5.26. The normalized spacial score (nSPS) is 14.3. The van der Waals surface area contributed by atoms with E-state index in [0.29, 0.717) is 19.5 Å². The zero-order valence-corrected chi connectivity index (χ0v) is 11.9. The molecule has 3 rings (SSSR count). The first-order chi connectivity index (χ1) is 10.9.